The first-order valence-electron chi connectivity index (χ1n) is 6.13. The summed E-state index contributed by atoms with van der Waals surface area (Å²) in [6.45, 7) is 0.0443. The van der Waals surface area contributed by atoms with Gasteiger partial charge in [-0.2, -0.15) is 0 Å². The second-order valence-corrected chi connectivity index (χ2v) is 6.38. The Labute approximate surface area is 121 Å². The molecule has 2 aromatic carbocycles. The number of sulfone groups is 1. The molecule has 6 heteroatoms. The van der Waals surface area contributed by atoms with E-state index in [2.05, 4.69) is 0 Å². The Morgan fingerprint density at radius 2 is 1.81 bits per heavy atom. The number of fused-ring (bicyclic) bond motifs is 1. The number of benzene rings is 2. The van der Waals surface area contributed by atoms with Gasteiger partial charge in [0.25, 0.3) is 0 Å². The summed E-state index contributed by atoms with van der Waals surface area (Å²) in [5.74, 6) is 0.0268. The van der Waals surface area contributed by atoms with Crippen molar-refractivity contribution in [1.29, 1.82) is 0 Å². The molecule has 0 atom stereocenters. The van der Waals surface area contributed by atoms with Crippen LogP contribution in [0.1, 0.15) is 5.56 Å². The minimum absolute atomic E-state index is 0.0354. The largest absolute Gasteiger partial charge is 0.508 e. The molecule has 0 amide bonds. The molecular formula is C15H11FO4S. The van der Waals surface area contributed by atoms with Crippen molar-refractivity contribution in [3.63, 3.8) is 0 Å². The molecule has 108 valence electrons. The van der Waals surface area contributed by atoms with Crippen molar-refractivity contribution in [3.8, 4) is 11.5 Å². The summed E-state index contributed by atoms with van der Waals surface area (Å²) in [6, 6.07) is 9.75. The highest BCUT2D eigenvalue weighted by molar-refractivity contribution is 7.95. The predicted molar refractivity (Wildman–Crippen MR) is 75.2 cm³/mol. The van der Waals surface area contributed by atoms with Gasteiger partial charge in [-0.05, 0) is 36.4 Å². The van der Waals surface area contributed by atoms with Crippen LogP contribution in [0.3, 0.4) is 0 Å². The van der Waals surface area contributed by atoms with Crippen LogP contribution < -0.4 is 4.74 Å². The molecule has 21 heavy (non-hydrogen) atoms. The molecule has 0 saturated heterocycles. The van der Waals surface area contributed by atoms with Gasteiger partial charge in [-0.15, -0.1) is 0 Å². The number of hydrogen-bond acceptors (Lipinski definition) is 4. The third-order valence-electron chi connectivity index (χ3n) is 3.12. The summed E-state index contributed by atoms with van der Waals surface area (Å²) < 4.78 is 42.5. The Hall–Kier alpha value is -2.34. The summed E-state index contributed by atoms with van der Waals surface area (Å²) in [4.78, 5) is -0.0354. The van der Waals surface area contributed by atoms with Crippen molar-refractivity contribution in [2.75, 3.05) is 6.61 Å². The van der Waals surface area contributed by atoms with Crippen LogP contribution in [0, 0.1) is 5.82 Å². The minimum atomic E-state index is -3.61. The summed E-state index contributed by atoms with van der Waals surface area (Å²) in [6.07, 6.45) is 0. The lowest BCUT2D eigenvalue weighted by molar-refractivity contribution is 0.368. The zero-order chi connectivity index (χ0) is 15.0. The van der Waals surface area contributed by atoms with E-state index in [1.165, 1.54) is 24.3 Å². The average Bonchev–Trinajstić information content (AvgIpc) is 2.69. The molecule has 0 bridgehead atoms. The lowest BCUT2D eigenvalue weighted by atomic mass is 10.1. The first-order chi connectivity index (χ1) is 9.95. The molecule has 1 aliphatic rings. The highest BCUT2D eigenvalue weighted by Gasteiger charge is 2.27. The fourth-order valence-corrected chi connectivity index (χ4v) is 3.61. The van der Waals surface area contributed by atoms with E-state index in [4.69, 9.17) is 4.74 Å². The first-order valence-corrected chi connectivity index (χ1v) is 7.68. The van der Waals surface area contributed by atoms with Crippen LogP contribution in [0.25, 0.3) is 5.57 Å². The molecule has 1 aliphatic heterocycles. The van der Waals surface area contributed by atoms with Crippen molar-refractivity contribution < 1.29 is 22.7 Å². The van der Waals surface area contributed by atoms with Crippen LogP contribution in [-0.2, 0) is 9.84 Å². The Morgan fingerprint density at radius 3 is 2.52 bits per heavy atom. The molecule has 0 aliphatic carbocycles. The Balaban J connectivity index is 1.86. The fourth-order valence-electron chi connectivity index (χ4n) is 2.13. The molecule has 0 aromatic heterocycles. The predicted octanol–water partition coefficient (Wildman–Crippen LogP) is 2.74. The molecule has 2 aromatic rings. The van der Waals surface area contributed by atoms with E-state index in [-0.39, 0.29) is 17.3 Å². The maximum Gasteiger partial charge on any atom is 0.200 e. The van der Waals surface area contributed by atoms with E-state index in [1.807, 2.05) is 0 Å². The fraction of sp³-hybridized carbons (Fsp3) is 0.0667. The van der Waals surface area contributed by atoms with Crippen molar-refractivity contribution in [2.45, 2.75) is 4.90 Å². The van der Waals surface area contributed by atoms with Crippen molar-refractivity contribution in [2.24, 2.45) is 0 Å². The van der Waals surface area contributed by atoms with Crippen molar-refractivity contribution in [3.05, 3.63) is 59.3 Å². The topological polar surface area (TPSA) is 63.6 Å². The highest BCUT2D eigenvalue weighted by atomic mass is 32.2. The zero-order valence-corrected chi connectivity index (χ0v) is 11.6. The van der Waals surface area contributed by atoms with Gasteiger partial charge in [0.15, 0.2) is 0 Å². The molecule has 0 unspecified atom stereocenters. The van der Waals surface area contributed by atoms with E-state index in [9.17, 15) is 17.9 Å². The molecule has 1 heterocycles. The number of ether oxygens (including phenoxy) is 1. The molecule has 4 nitrogen and oxygen atoms in total. The molecular weight excluding hydrogens is 295 g/mol. The zero-order valence-electron chi connectivity index (χ0n) is 10.8. The minimum Gasteiger partial charge on any atom is -0.508 e. The van der Waals surface area contributed by atoms with Gasteiger partial charge < -0.3 is 9.84 Å². The number of phenolic OH excluding ortho intramolecular Hbond substituents is 1. The van der Waals surface area contributed by atoms with Crippen LogP contribution >= 0.6 is 0 Å². The van der Waals surface area contributed by atoms with E-state index in [0.29, 0.717) is 16.9 Å². The van der Waals surface area contributed by atoms with E-state index in [1.54, 1.807) is 12.1 Å². The average molecular weight is 306 g/mol. The van der Waals surface area contributed by atoms with Gasteiger partial charge in [0.2, 0.25) is 9.84 Å². The van der Waals surface area contributed by atoms with E-state index >= 15 is 0 Å². The van der Waals surface area contributed by atoms with Gasteiger partial charge in [-0.3, -0.25) is 0 Å². The number of aromatic hydroxyl groups is 1. The number of halogens is 1. The summed E-state index contributed by atoms with van der Waals surface area (Å²) in [5.41, 5.74) is 0.924. The Bertz CT molecular complexity index is 823. The van der Waals surface area contributed by atoms with Crippen LogP contribution in [0.15, 0.2) is 52.8 Å². The van der Waals surface area contributed by atoms with Gasteiger partial charge in [-0.1, -0.05) is 6.07 Å². The molecule has 0 saturated carbocycles. The molecule has 0 fully saturated rings. The quantitative estimate of drug-likeness (QED) is 0.947. The standard InChI is InChI=1S/C15H11FO4S/c16-11-1-6-14-10(9-21(18,19)15(14)7-11)8-20-13-4-2-12(17)3-5-13/h1-7,9,17H,8H2. The third-order valence-corrected chi connectivity index (χ3v) is 4.67. The smallest absolute Gasteiger partial charge is 0.200 e. The maximum absolute atomic E-state index is 13.2. The first kappa shape index (κ1) is 13.6. The molecule has 0 spiro atoms. The van der Waals surface area contributed by atoms with Crippen LogP contribution in [0.4, 0.5) is 4.39 Å². The van der Waals surface area contributed by atoms with E-state index < -0.39 is 15.7 Å². The van der Waals surface area contributed by atoms with Gasteiger partial charge in [0.1, 0.15) is 23.9 Å². The second-order valence-electron chi connectivity index (χ2n) is 4.61. The lowest BCUT2D eigenvalue weighted by Gasteiger charge is -2.08. The second kappa shape index (κ2) is 4.89. The van der Waals surface area contributed by atoms with Crippen molar-refractivity contribution >= 4 is 15.4 Å². The summed E-state index contributed by atoms with van der Waals surface area (Å²) in [5, 5.41) is 10.3. The third kappa shape index (κ3) is 2.62. The van der Waals surface area contributed by atoms with Gasteiger partial charge >= 0.3 is 0 Å². The summed E-state index contributed by atoms with van der Waals surface area (Å²) >= 11 is 0. The van der Waals surface area contributed by atoms with Gasteiger partial charge in [0.05, 0.1) is 4.90 Å². The Kier molecular flexibility index (Phi) is 3.17. The molecule has 0 radical (unpaired) electrons. The van der Waals surface area contributed by atoms with Crippen LogP contribution in [0.5, 0.6) is 11.5 Å². The van der Waals surface area contributed by atoms with E-state index in [0.717, 1.165) is 11.5 Å². The maximum atomic E-state index is 13.2. The molecule has 1 N–H and O–H groups in total. The number of rotatable bonds is 3. The van der Waals surface area contributed by atoms with Gasteiger partial charge in [0, 0.05) is 16.5 Å². The summed E-state index contributed by atoms with van der Waals surface area (Å²) in [7, 11) is -3.61. The van der Waals surface area contributed by atoms with Crippen LogP contribution in [0.2, 0.25) is 0 Å². The van der Waals surface area contributed by atoms with Crippen molar-refractivity contribution in [1.82, 2.24) is 0 Å². The normalized spacial score (nSPS) is 15.4. The number of hydrogen-bond donors (Lipinski definition) is 1. The SMILES string of the molecule is O=S1(=O)C=C(COc2ccc(O)cc2)c2ccc(F)cc21. The monoisotopic (exact) mass is 306 g/mol. The highest BCUT2D eigenvalue weighted by Crippen LogP contribution is 2.34. The Morgan fingerprint density at radius 1 is 1.10 bits per heavy atom. The lowest BCUT2D eigenvalue weighted by Crippen LogP contribution is -1.99. The number of phenols is 1. The molecule has 3 rings (SSSR count). The van der Waals surface area contributed by atoms with Crippen LogP contribution in [-0.4, -0.2) is 20.1 Å². The van der Waals surface area contributed by atoms with Gasteiger partial charge in [-0.25, -0.2) is 12.8 Å².